The Bertz CT molecular complexity index is 719. The van der Waals surface area contributed by atoms with Crippen molar-refractivity contribution in [2.24, 2.45) is 0 Å². The third-order valence-corrected chi connectivity index (χ3v) is 6.16. The molecule has 1 aromatic heterocycles. The van der Waals surface area contributed by atoms with Gasteiger partial charge in [0.2, 0.25) is 0 Å². The van der Waals surface area contributed by atoms with Gasteiger partial charge in [0, 0.05) is 38.6 Å². The summed E-state index contributed by atoms with van der Waals surface area (Å²) >= 11 is 0. The highest BCUT2D eigenvalue weighted by atomic mass is 16.5. The van der Waals surface area contributed by atoms with Gasteiger partial charge in [-0.15, -0.1) is 0 Å². The number of fused-ring (bicyclic) bond motifs is 1. The zero-order valence-electron chi connectivity index (χ0n) is 16.0. The van der Waals surface area contributed by atoms with Crippen molar-refractivity contribution >= 4 is 0 Å². The third-order valence-electron chi connectivity index (χ3n) is 6.16. The molecule has 1 saturated carbocycles. The smallest absolute Gasteiger partial charge is 0.119 e. The number of hydrogen-bond acceptors (Lipinski definition) is 5. The molecule has 27 heavy (non-hydrogen) atoms. The molecule has 0 spiro atoms. The summed E-state index contributed by atoms with van der Waals surface area (Å²) in [6.07, 6.45) is 8.97. The highest BCUT2D eigenvalue weighted by Gasteiger charge is 2.50. The molecule has 1 N–H and O–H groups in total. The maximum atomic E-state index is 10.1. The van der Waals surface area contributed by atoms with Crippen LogP contribution in [0.3, 0.4) is 0 Å². The number of nitrogens with zero attached hydrogens (tertiary/aromatic N) is 3. The Morgan fingerprint density at radius 3 is 2.85 bits per heavy atom. The standard InChI is InChI=1S/C21H29N3O3/c1-26-21-7-6-18(25)14-20(21)24(10-8-21)15-17-2-4-19(5-3-17)27-13-12-23-11-9-22-16-23/h2-5,9,11,16,18,20,25H,6-8,10,12-15H2,1H3/t18-,20+,21-/m1/s1. The van der Waals surface area contributed by atoms with E-state index < -0.39 is 0 Å². The van der Waals surface area contributed by atoms with Gasteiger partial charge in [-0.25, -0.2) is 4.98 Å². The van der Waals surface area contributed by atoms with Crippen LogP contribution < -0.4 is 4.74 Å². The summed E-state index contributed by atoms with van der Waals surface area (Å²) in [5.74, 6) is 0.889. The first-order chi connectivity index (χ1) is 13.2. The normalized spacial score (nSPS) is 28.2. The van der Waals surface area contributed by atoms with Crippen LogP contribution in [0.15, 0.2) is 43.0 Å². The highest BCUT2D eigenvalue weighted by molar-refractivity contribution is 5.27. The van der Waals surface area contributed by atoms with E-state index in [0.717, 1.165) is 51.1 Å². The minimum absolute atomic E-state index is 0.0738. The molecule has 4 rings (SSSR count). The summed E-state index contributed by atoms with van der Waals surface area (Å²) in [4.78, 5) is 6.50. The summed E-state index contributed by atoms with van der Waals surface area (Å²) in [6.45, 7) is 3.32. The molecule has 6 nitrogen and oxygen atoms in total. The first kappa shape index (κ1) is 18.5. The minimum atomic E-state index is -0.204. The zero-order chi connectivity index (χ0) is 18.7. The number of rotatable bonds is 7. The van der Waals surface area contributed by atoms with Crippen LogP contribution >= 0.6 is 0 Å². The summed E-state index contributed by atoms with van der Waals surface area (Å²) in [5.41, 5.74) is 1.19. The van der Waals surface area contributed by atoms with E-state index in [2.05, 4.69) is 22.0 Å². The monoisotopic (exact) mass is 371 g/mol. The maximum absolute atomic E-state index is 10.1. The Labute approximate surface area is 160 Å². The second-order valence-corrected chi connectivity index (χ2v) is 7.73. The molecule has 2 aromatic rings. The zero-order valence-corrected chi connectivity index (χ0v) is 16.0. The largest absolute Gasteiger partial charge is 0.492 e. The molecule has 0 unspecified atom stereocenters. The van der Waals surface area contributed by atoms with Gasteiger partial charge < -0.3 is 19.1 Å². The molecule has 1 aliphatic heterocycles. The summed E-state index contributed by atoms with van der Waals surface area (Å²) in [7, 11) is 1.82. The van der Waals surface area contributed by atoms with Gasteiger partial charge in [0.1, 0.15) is 12.4 Å². The molecule has 2 heterocycles. The molecular formula is C21H29N3O3. The Hall–Kier alpha value is -1.89. The Kier molecular flexibility index (Phi) is 5.48. The van der Waals surface area contributed by atoms with Crippen LogP contribution in [-0.4, -0.2) is 57.6 Å². The molecule has 3 atom stereocenters. The van der Waals surface area contributed by atoms with E-state index in [9.17, 15) is 5.11 Å². The molecule has 146 valence electrons. The average molecular weight is 371 g/mol. The number of likely N-dealkylation sites (tertiary alicyclic amines) is 1. The molecule has 0 radical (unpaired) electrons. The molecule has 1 aromatic carbocycles. The van der Waals surface area contributed by atoms with Crippen LogP contribution in [0.5, 0.6) is 5.75 Å². The summed E-state index contributed by atoms with van der Waals surface area (Å²) in [5, 5.41) is 10.1. The lowest BCUT2D eigenvalue weighted by Gasteiger charge is -2.42. The number of aromatic nitrogens is 2. The van der Waals surface area contributed by atoms with Gasteiger partial charge in [0.05, 0.1) is 24.6 Å². The fraction of sp³-hybridized carbons (Fsp3) is 0.571. The van der Waals surface area contributed by atoms with Crippen molar-refractivity contribution in [3.05, 3.63) is 48.5 Å². The van der Waals surface area contributed by atoms with E-state index in [1.165, 1.54) is 5.56 Å². The lowest BCUT2D eigenvalue weighted by molar-refractivity contribution is -0.0879. The maximum Gasteiger partial charge on any atom is 0.119 e. The van der Waals surface area contributed by atoms with Crippen molar-refractivity contribution in [1.82, 2.24) is 14.5 Å². The van der Waals surface area contributed by atoms with E-state index in [-0.39, 0.29) is 11.7 Å². The van der Waals surface area contributed by atoms with Crippen molar-refractivity contribution in [3.8, 4) is 5.75 Å². The van der Waals surface area contributed by atoms with Gasteiger partial charge >= 0.3 is 0 Å². The van der Waals surface area contributed by atoms with Gasteiger partial charge in [-0.05, 0) is 43.4 Å². The van der Waals surface area contributed by atoms with Gasteiger partial charge in [-0.1, -0.05) is 12.1 Å². The summed E-state index contributed by atoms with van der Waals surface area (Å²) < 4.78 is 13.8. The molecule has 1 aliphatic carbocycles. The summed E-state index contributed by atoms with van der Waals surface area (Å²) in [6, 6.07) is 8.66. The quantitative estimate of drug-likeness (QED) is 0.810. The molecule has 2 aliphatic rings. The lowest BCUT2D eigenvalue weighted by Crippen LogP contribution is -2.51. The minimum Gasteiger partial charge on any atom is -0.492 e. The van der Waals surface area contributed by atoms with Gasteiger partial charge in [-0.2, -0.15) is 0 Å². The van der Waals surface area contributed by atoms with Crippen LogP contribution in [0.4, 0.5) is 0 Å². The SMILES string of the molecule is CO[C@@]12CC[C@@H](O)C[C@@H]1N(Cc1ccc(OCCn3ccnc3)cc1)CC2. The molecule has 6 heteroatoms. The van der Waals surface area contributed by atoms with Crippen LogP contribution in [0.25, 0.3) is 0 Å². The van der Waals surface area contributed by atoms with Crippen molar-refractivity contribution < 1.29 is 14.6 Å². The average Bonchev–Trinajstić information content (AvgIpc) is 3.32. The number of methoxy groups -OCH3 is 1. The van der Waals surface area contributed by atoms with Crippen molar-refractivity contribution in [2.45, 2.75) is 56.5 Å². The van der Waals surface area contributed by atoms with Gasteiger partial charge in [0.15, 0.2) is 0 Å². The van der Waals surface area contributed by atoms with Crippen LogP contribution in [0, 0.1) is 0 Å². The second-order valence-electron chi connectivity index (χ2n) is 7.73. The number of aliphatic hydroxyl groups is 1. The van der Waals surface area contributed by atoms with E-state index in [0.29, 0.717) is 12.6 Å². The topological polar surface area (TPSA) is 59.8 Å². The fourth-order valence-corrected chi connectivity index (χ4v) is 4.57. The number of benzene rings is 1. The van der Waals surface area contributed by atoms with Crippen molar-refractivity contribution in [2.75, 3.05) is 20.3 Å². The number of aliphatic hydroxyl groups excluding tert-OH is 1. The van der Waals surface area contributed by atoms with E-state index >= 15 is 0 Å². The predicted octanol–water partition coefficient (Wildman–Crippen LogP) is 2.47. The Balaban J connectivity index is 1.33. The lowest BCUT2D eigenvalue weighted by atomic mass is 9.79. The van der Waals surface area contributed by atoms with Crippen molar-refractivity contribution in [1.29, 1.82) is 0 Å². The number of hydrogen-bond donors (Lipinski definition) is 1. The van der Waals surface area contributed by atoms with Crippen LogP contribution in [-0.2, 0) is 17.8 Å². The molecule has 1 saturated heterocycles. The number of imidazole rings is 1. The molecule has 0 amide bonds. The van der Waals surface area contributed by atoms with E-state index in [1.807, 2.05) is 30.0 Å². The van der Waals surface area contributed by atoms with Gasteiger partial charge in [-0.3, -0.25) is 4.90 Å². The highest BCUT2D eigenvalue weighted by Crippen LogP contribution is 2.42. The fourth-order valence-electron chi connectivity index (χ4n) is 4.57. The molecular weight excluding hydrogens is 342 g/mol. The Morgan fingerprint density at radius 1 is 1.26 bits per heavy atom. The Morgan fingerprint density at radius 2 is 2.11 bits per heavy atom. The van der Waals surface area contributed by atoms with E-state index in [1.54, 1.807) is 12.5 Å². The first-order valence-electron chi connectivity index (χ1n) is 9.83. The number of ether oxygens (including phenoxy) is 2. The van der Waals surface area contributed by atoms with Crippen molar-refractivity contribution in [3.63, 3.8) is 0 Å². The molecule has 0 bridgehead atoms. The van der Waals surface area contributed by atoms with Crippen LogP contribution in [0.2, 0.25) is 0 Å². The third kappa shape index (κ3) is 4.03. The molecule has 2 fully saturated rings. The predicted molar refractivity (Wildman–Crippen MR) is 103 cm³/mol. The van der Waals surface area contributed by atoms with E-state index in [4.69, 9.17) is 9.47 Å². The van der Waals surface area contributed by atoms with Gasteiger partial charge in [0.25, 0.3) is 0 Å². The second kappa shape index (κ2) is 8.00. The first-order valence-corrected chi connectivity index (χ1v) is 9.83. The van der Waals surface area contributed by atoms with Crippen LogP contribution in [0.1, 0.15) is 31.2 Å².